The maximum absolute atomic E-state index is 4.04. The standard InChI is InChI=1S/C13H23N3/c1-13(2)5-4-12(10-13)15-6-3-8-16-9-7-14-11-16/h7,9,11-12,15H,3-6,8,10H2,1-2H3. The quantitative estimate of drug-likeness (QED) is 0.774. The molecule has 3 nitrogen and oxygen atoms in total. The fourth-order valence-electron chi connectivity index (χ4n) is 2.60. The van der Waals surface area contributed by atoms with Crippen LogP contribution in [-0.4, -0.2) is 22.1 Å². The lowest BCUT2D eigenvalue weighted by atomic mass is 9.92. The highest BCUT2D eigenvalue weighted by molar-refractivity contribution is 4.86. The summed E-state index contributed by atoms with van der Waals surface area (Å²) in [5, 5.41) is 3.67. The second-order valence-corrected chi connectivity index (χ2v) is 5.71. The summed E-state index contributed by atoms with van der Waals surface area (Å²) in [6, 6.07) is 0.748. The first-order valence-corrected chi connectivity index (χ1v) is 6.35. The Hall–Kier alpha value is -0.830. The lowest BCUT2D eigenvalue weighted by Crippen LogP contribution is -2.28. The first-order chi connectivity index (χ1) is 7.66. The van der Waals surface area contributed by atoms with E-state index in [2.05, 4.69) is 28.7 Å². The molecular weight excluding hydrogens is 198 g/mol. The SMILES string of the molecule is CC1(C)CCC(NCCCn2ccnc2)C1. The van der Waals surface area contributed by atoms with Gasteiger partial charge in [0.05, 0.1) is 6.33 Å². The van der Waals surface area contributed by atoms with Crippen LogP contribution in [0.1, 0.15) is 39.5 Å². The summed E-state index contributed by atoms with van der Waals surface area (Å²) in [4.78, 5) is 4.04. The van der Waals surface area contributed by atoms with E-state index in [4.69, 9.17) is 0 Å². The molecule has 0 aromatic carbocycles. The Balaban J connectivity index is 1.59. The zero-order chi connectivity index (χ0) is 11.4. The van der Waals surface area contributed by atoms with Gasteiger partial charge in [-0.1, -0.05) is 13.8 Å². The minimum Gasteiger partial charge on any atom is -0.337 e. The molecule has 1 unspecified atom stereocenters. The molecule has 1 aromatic heterocycles. The van der Waals surface area contributed by atoms with Gasteiger partial charge in [-0.25, -0.2) is 4.98 Å². The van der Waals surface area contributed by atoms with Crippen LogP contribution in [0.3, 0.4) is 0 Å². The second kappa shape index (κ2) is 5.00. The van der Waals surface area contributed by atoms with E-state index in [0.29, 0.717) is 5.41 Å². The summed E-state index contributed by atoms with van der Waals surface area (Å²) in [7, 11) is 0. The molecule has 1 heterocycles. The van der Waals surface area contributed by atoms with Gasteiger partial charge in [-0.15, -0.1) is 0 Å². The highest BCUT2D eigenvalue weighted by Gasteiger charge is 2.30. The van der Waals surface area contributed by atoms with Crippen LogP contribution in [0.2, 0.25) is 0 Å². The average Bonchev–Trinajstić information content (AvgIpc) is 2.82. The molecule has 0 radical (unpaired) electrons. The van der Waals surface area contributed by atoms with Crippen molar-refractivity contribution in [1.82, 2.24) is 14.9 Å². The fourth-order valence-corrected chi connectivity index (χ4v) is 2.60. The summed E-state index contributed by atoms with van der Waals surface area (Å²) >= 11 is 0. The van der Waals surface area contributed by atoms with Crippen molar-refractivity contribution in [2.75, 3.05) is 6.54 Å². The topological polar surface area (TPSA) is 29.9 Å². The Morgan fingerprint density at radius 1 is 1.50 bits per heavy atom. The number of imidazole rings is 1. The molecule has 1 aromatic rings. The van der Waals surface area contributed by atoms with E-state index < -0.39 is 0 Å². The highest BCUT2D eigenvalue weighted by atomic mass is 15.0. The second-order valence-electron chi connectivity index (χ2n) is 5.71. The maximum atomic E-state index is 4.04. The summed E-state index contributed by atoms with van der Waals surface area (Å²) in [5.74, 6) is 0. The molecule has 0 bridgehead atoms. The molecule has 90 valence electrons. The molecule has 1 saturated carbocycles. The van der Waals surface area contributed by atoms with Gasteiger partial charge in [0, 0.05) is 25.0 Å². The monoisotopic (exact) mass is 221 g/mol. The Morgan fingerprint density at radius 2 is 2.38 bits per heavy atom. The van der Waals surface area contributed by atoms with Gasteiger partial charge in [-0.05, 0) is 37.6 Å². The molecule has 0 saturated heterocycles. The van der Waals surface area contributed by atoms with Crippen LogP contribution in [0.4, 0.5) is 0 Å². The van der Waals surface area contributed by atoms with E-state index in [-0.39, 0.29) is 0 Å². The van der Waals surface area contributed by atoms with Crippen LogP contribution in [0.15, 0.2) is 18.7 Å². The Morgan fingerprint density at radius 3 is 3.00 bits per heavy atom. The van der Waals surface area contributed by atoms with Crippen molar-refractivity contribution >= 4 is 0 Å². The zero-order valence-corrected chi connectivity index (χ0v) is 10.4. The van der Waals surface area contributed by atoms with Crippen LogP contribution in [0, 0.1) is 5.41 Å². The van der Waals surface area contributed by atoms with Crippen molar-refractivity contribution in [3.63, 3.8) is 0 Å². The van der Waals surface area contributed by atoms with Crippen LogP contribution >= 0.6 is 0 Å². The molecule has 1 fully saturated rings. The maximum Gasteiger partial charge on any atom is 0.0945 e. The van der Waals surface area contributed by atoms with Crippen LogP contribution < -0.4 is 5.32 Å². The fraction of sp³-hybridized carbons (Fsp3) is 0.769. The van der Waals surface area contributed by atoms with E-state index in [1.807, 2.05) is 18.7 Å². The first-order valence-electron chi connectivity index (χ1n) is 6.35. The molecule has 0 aliphatic heterocycles. The van der Waals surface area contributed by atoms with Crippen LogP contribution in [0.5, 0.6) is 0 Å². The molecule has 1 N–H and O–H groups in total. The first kappa shape index (κ1) is 11.6. The normalized spacial score (nSPS) is 23.8. The van der Waals surface area contributed by atoms with Gasteiger partial charge in [0.2, 0.25) is 0 Å². The number of nitrogens with zero attached hydrogens (tertiary/aromatic N) is 2. The Labute approximate surface area is 98.3 Å². The number of rotatable bonds is 5. The molecule has 16 heavy (non-hydrogen) atoms. The predicted octanol–water partition coefficient (Wildman–Crippen LogP) is 2.44. The van der Waals surface area contributed by atoms with Crippen molar-refractivity contribution in [3.05, 3.63) is 18.7 Å². The third-order valence-electron chi connectivity index (χ3n) is 3.55. The number of hydrogen-bond acceptors (Lipinski definition) is 2. The number of aromatic nitrogens is 2. The summed E-state index contributed by atoms with van der Waals surface area (Å²) in [5.41, 5.74) is 0.558. The van der Waals surface area contributed by atoms with E-state index >= 15 is 0 Å². The smallest absolute Gasteiger partial charge is 0.0945 e. The molecule has 0 amide bonds. The van der Waals surface area contributed by atoms with Crippen molar-refractivity contribution in [3.8, 4) is 0 Å². The molecule has 3 heteroatoms. The summed E-state index contributed by atoms with van der Waals surface area (Å²) < 4.78 is 2.14. The minimum absolute atomic E-state index is 0.558. The molecule has 0 spiro atoms. The van der Waals surface area contributed by atoms with Crippen molar-refractivity contribution in [1.29, 1.82) is 0 Å². The van der Waals surface area contributed by atoms with Crippen molar-refractivity contribution < 1.29 is 0 Å². The minimum atomic E-state index is 0.558. The van der Waals surface area contributed by atoms with Gasteiger partial charge in [0.1, 0.15) is 0 Å². The van der Waals surface area contributed by atoms with Gasteiger partial charge in [0.15, 0.2) is 0 Å². The van der Waals surface area contributed by atoms with Crippen LogP contribution in [-0.2, 0) is 6.54 Å². The van der Waals surface area contributed by atoms with Crippen LogP contribution in [0.25, 0.3) is 0 Å². The average molecular weight is 221 g/mol. The molecule has 1 atom stereocenters. The van der Waals surface area contributed by atoms with Gasteiger partial charge in [0.25, 0.3) is 0 Å². The van der Waals surface area contributed by atoms with Gasteiger partial charge in [-0.3, -0.25) is 0 Å². The van der Waals surface area contributed by atoms with E-state index in [9.17, 15) is 0 Å². The van der Waals surface area contributed by atoms with Crippen molar-refractivity contribution in [2.24, 2.45) is 5.41 Å². The van der Waals surface area contributed by atoms with E-state index in [0.717, 1.165) is 19.1 Å². The predicted molar refractivity (Wildman–Crippen MR) is 66.3 cm³/mol. The van der Waals surface area contributed by atoms with E-state index in [1.165, 1.54) is 25.7 Å². The zero-order valence-electron chi connectivity index (χ0n) is 10.4. The number of nitrogens with one attached hydrogen (secondary N) is 1. The number of aryl methyl sites for hydroxylation is 1. The highest BCUT2D eigenvalue weighted by Crippen LogP contribution is 2.36. The van der Waals surface area contributed by atoms with Crippen molar-refractivity contribution in [2.45, 2.75) is 52.1 Å². The van der Waals surface area contributed by atoms with Gasteiger partial charge >= 0.3 is 0 Å². The lowest BCUT2D eigenvalue weighted by molar-refractivity contribution is 0.363. The molecular formula is C13H23N3. The molecule has 1 aliphatic carbocycles. The lowest BCUT2D eigenvalue weighted by Gasteiger charge is -2.17. The molecule has 1 aliphatic rings. The summed E-state index contributed by atoms with van der Waals surface area (Å²) in [6.45, 7) is 6.95. The Kier molecular flexibility index (Phi) is 3.64. The summed E-state index contributed by atoms with van der Waals surface area (Å²) in [6.07, 6.45) is 11.0. The van der Waals surface area contributed by atoms with E-state index in [1.54, 1.807) is 0 Å². The Bertz CT molecular complexity index is 303. The molecule has 2 rings (SSSR count). The largest absolute Gasteiger partial charge is 0.337 e. The van der Waals surface area contributed by atoms with Gasteiger partial charge in [-0.2, -0.15) is 0 Å². The third kappa shape index (κ3) is 3.34. The van der Waals surface area contributed by atoms with Gasteiger partial charge < -0.3 is 9.88 Å². The third-order valence-corrected chi connectivity index (χ3v) is 3.55. The number of hydrogen-bond donors (Lipinski definition) is 1.